The van der Waals surface area contributed by atoms with E-state index in [0.717, 1.165) is 16.7 Å². The summed E-state index contributed by atoms with van der Waals surface area (Å²) in [6.07, 6.45) is 1.40. The average molecular weight is 1080 g/mol. The number of benzene rings is 4. The van der Waals surface area contributed by atoms with E-state index in [-0.39, 0.29) is 68.8 Å². The van der Waals surface area contributed by atoms with E-state index in [4.69, 9.17) is 29.4 Å². The predicted octanol–water partition coefficient (Wildman–Crippen LogP) is 7.14. The maximum atomic E-state index is 14.1. The molecule has 3 amide bonds. The molecule has 0 spiro atoms. The molecule has 2 heterocycles. The summed E-state index contributed by atoms with van der Waals surface area (Å²) in [4.78, 5) is 69.8. The maximum absolute atomic E-state index is 14.1. The first-order chi connectivity index (χ1) is 36.8. The molecule has 4 aromatic rings. The topological polar surface area (TPSA) is 242 Å². The third-order valence-corrected chi connectivity index (χ3v) is 16.0. The van der Waals surface area contributed by atoms with Crippen molar-refractivity contribution in [1.82, 2.24) is 19.8 Å². The van der Waals surface area contributed by atoms with Crippen molar-refractivity contribution in [3.63, 3.8) is 0 Å². The number of aryl methyl sites for hydroxylation is 1. The number of ketones is 1. The molecule has 4 unspecified atom stereocenters. The van der Waals surface area contributed by atoms with Gasteiger partial charge in [0, 0.05) is 48.8 Å². The van der Waals surface area contributed by atoms with Crippen molar-refractivity contribution in [2.24, 2.45) is 11.3 Å². The Morgan fingerprint density at radius 1 is 0.922 bits per heavy atom. The number of nitrogens with one attached hydrogen (secondary N) is 2. The monoisotopic (exact) mass is 1080 g/mol. The number of Topliss-reactive ketones (excluding diaryl/α,β-unsaturated/α-hetero) is 1. The Balaban J connectivity index is 1.05. The van der Waals surface area contributed by atoms with Crippen LogP contribution in [0.2, 0.25) is 0 Å². The summed E-state index contributed by atoms with van der Waals surface area (Å²) in [5.74, 6) is -0.643. The van der Waals surface area contributed by atoms with Crippen molar-refractivity contribution in [1.29, 1.82) is 0 Å². The molecule has 77 heavy (non-hydrogen) atoms. The van der Waals surface area contributed by atoms with Gasteiger partial charge in [-0.25, -0.2) is 18.0 Å². The fraction of sp³-hybridized carbons (Fsp3) is 0.500. The molecule has 4 atom stereocenters. The highest BCUT2D eigenvalue weighted by Crippen LogP contribution is 2.39. The van der Waals surface area contributed by atoms with E-state index in [2.05, 4.69) is 10.6 Å². The van der Waals surface area contributed by atoms with Gasteiger partial charge >= 0.3 is 12.1 Å². The third kappa shape index (κ3) is 16.7. The summed E-state index contributed by atoms with van der Waals surface area (Å²) in [6.45, 7) is 7.67. The first-order valence-electron chi connectivity index (χ1n) is 26.6. The molecule has 1 fully saturated rings. The van der Waals surface area contributed by atoms with E-state index in [9.17, 15) is 37.5 Å². The number of nitrogens with zero attached hydrogens (tertiary/aromatic N) is 2. The number of methoxy groups -OCH3 is 2. The highest BCUT2D eigenvalue weighted by molar-refractivity contribution is 7.89. The van der Waals surface area contributed by atoms with E-state index >= 15 is 0 Å². The number of piperidine rings is 1. The molecule has 2 aliphatic heterocycles. The number of ether oxygens (including phenoxy) is 5. The zero-order valence-electron chi connectivity index (χ0n) is 45.3. The number of alkyl carbamates (subject to hydrolysis) is 1. The second-order valence-electron chi connectivity index (χ2n) is 20.8. The number of cyclic esters (lactones) is 1. The first kappa shape index (κ1) is 59.5. The quantitative estimate of drug-likeness (QED) is 0.0265. The van der Waals surface area contributed by atoms with Crippen LogP contribution in [0, 0.1) is 11.3 Å². The molecule has 1 saturated heterocycles. The minimum absolute atomic E-state index is 0.0167. The van der Waals surface area contributed by atoms with Gasteiger partial charge < -0.3 is 50.1 Å². The summed E-state index contributed by atoms with van der Waals surface area (Å²) in [7, 11) is -0.769. The summed E-state index contributed by atoms with van der Waals surface area (Å²) in [5.41, 5.74) is 8.58. The van der Waals surface area contributed by atoms with E-state index in [0.29, 0.717) is 79.9 Å². The largest absolute Gasteiger partial charge is 0.493 e. The van der Waals surface area contributed by atoms with Gasteiger partial charge in [0.1, 0.15) is 30.6 Å². The highest BCUT2D eigenvalue weighted by atomic mass is 32.2. The van der Waals surface area contributed by atoms with Gasteiger partial charge in [0.2, 0.25) is 21.7 Å². The molecule has 0 radical (unpaired) electrons. The molecule has 0 aliphatic carbocycles. The maximum Gasteiger partial charge on any atom is 0.407 e. The van der Waals surface area contributed by atoms with Crippen molar-refractivity contribution in [2.75, 3.05) is 59.3 Å². The van der Waals surface area contributed by atoms with Crippen LogP contribution in [-0.2, 0) is 57.9 Å². The van der Waals surface area contributed by atoms with Crippen LogP contribution in [-0.4, -0.2) is 124 Å². The first-order valence-corrected chi connectivity index (χ1v) is 28.0. The summed E-state index contributed by atoms with van der Waals surface area (Å²) in [6, 6.07) is 24.9. The number of nitrogens with two attached hydrogens (primary N) is 1. The number of hydrogen-bond donors (Lipinski definition) is 4. The fourth-order valence-corrected chi connectivity index (χ4v) is 11.4. The second kappa shape index (κ2) is 28.1. The second-order valence-corrected chi connectivity index (χ2v) is 22.7. The molecule has 0 bridgehead atoms. The number of anilines is 1. The zero-order chi connectivity index (χ0) is 55.7. The number of carbonyl (C=O) groups is 5. The Morgan fingerprint density at radius 3 is 2.38 bits per heavy atom. The molecule has 4 aromatic carbocycles. The number of amides is 3. The number of rotatable bonds is 22. The predicted molar refractivity (Wildman–Crippen MR) is 291 cm³/mol. The lowest BCUT2D eigenvalue weighted by atomic mass is 9.80. The van der Waals surface area contributed by atoms with Crippen molar-refractivity contribution >= 4 is 45.4 Å². The van der Waals surface area contributed by atoms with Crippen molar-refractivity contribution < 1.29 is 61.2 Å². The summed E-state index contributed by atoms with van der Waals surface area (Å²) >= 11 is 0. The molecule has 0 aromatic heterocycles. The van der Waals surface area contributed by atoms with Crippen LogP contribution < -0.4 is 30.6 Å². The van der Waals surface area contributed by atoms with Crippen LogP contribution in [0.5, 0.6) is 17.2 Å². The van der Waals surface area contributed by atoms with Crippen molar-refractivity contribution in [3.8, 4) is 17.2 Å². The van der Waals surface area contributed by atoms with Crippen LogP contribution in [0.3, 0.4) is 0 Å². The fourth-order valence-electron chi connectivity index (χ4n) is 9.74. The number of esters is 1. The van der Waals surface area contributed by atoms with E-state index in [1.165, 1.54) is 21.3 Å². The molecular formula is C58H77N5O13S. The van der Waals surface area contributed by atoms with Gasteiger partial charge in [0.15, 0.2) is 11.5 Å². The minimum atomic E-state index is -3.89. The Kier molecular flexibility index (Phi) is 21.7. The van der Waals surface area contributed by atoms with E-state index < -0.39 is 70.1 Å². The van der Waals surface area contributed by atoms with Gasteiger partial charge in [-0.2, -0.15) is 4.31 Å². The average Bonchev–Trinajstić information content (AvgIpc) is 3.42. The van der Waals surface area contributed by atoms with Crippen LogP contribution in [0.15, 0.2) is 95.9 Å². The zero-order valence-corrected chi connectivity index (χ0v) is 46.1. The normalized spacial score (nSPS) is 18.0. The highest BCUT2D eigenvalue weighted by Gasteiger charge is 2.42. The van der Waals surface area contributed by atoms with Gasteiger partial charge in [-0.05, 0) is 129 Å². The number of fused-ring (bicyclic) bond motifs is 2. The van der Waals surface area contributed by atoms with Crippen LogP contribution in [0.4, 0.5) is 10.5 Å². The lowest BCUT2D eigenvalue weighted by Gasteiger charge is -2.36. The number of sulfonamides is 1. The number of aliphatic hydroxyl groups is 1. The smallest absolute Gasteiger partial charge is 0.407 e. The van der Waals surface area contributed by atoms with E-state index in [1.54, 1.807) is 58.4 Å². The van der Waals surface area contributed by atoms with Gasteiger partial charge in [0.05, 0.1) is 32.3 Å². The van der Waals surface area contributed by atoms with E-state index in [1.807, 2.05) is 62.4 Å². The Morgan fingerprint density at radius 2 is 1.68 bits per heavy atom. The molecule has 18 nitrogen and oxygen atoms in total. The lowest BCUT2D eigenvalue weighted by molar-refractivity contribution is -0.164. The van der Waals surface area contributed by atoms with Gasteiger partial charge in [-0.1, -0.05) is 76.2 Å². The van der Waals surface area contributed by atoms with Crippen LogP contribution in [0.25, 0.3) is 0 Å². The molecule has 2 aliphatic rings. The molecule has 5 N–H and O–H groups in total. The van der Waals surface area contributed by atoms with Crippen molar-refractivity contribution in [2.45, 2.75) is 128 Å². The molecular weight excluding hydrogens is 1010 g/mol. The molecule has 19 heteroatoms. The number of carbonyl (C=O) groups excluding carboxylic acids is 5. The Labute approximate surface area is 453 Å². The molecule has 418 valence electrons. The lowest BCUT2D eigenvalue weighted by Crippen LogP contribution is -2.53. The molecule has 6 rings (SSSR count). The standard InChI is InChI=1S/C58H77N5O13S/c1-39(2)37-62(77(70,71)47-23-20-43(59)21-24-47)33-29-44(35-40-13-8-7-9-14-40)61-57(69)75-46(38-64)22-27-52(65)60-31-34-74-45-16-12-15-42(36-45)50-25-18-41-19-26-51(72-5)53(73-6)48(41)28-30-58(3,4)54(66)55(67)63-32-11-10-17-49(63)56(68)76-50/h7-9,12-16,19-21,23-24,26,36,39,44,46,49-50,64H,10-11,17-18,22,25,27-35,37-38,59H2,1-6H3,(H,60,65)(H,61,69). The Hall–Kier alpha value is -6.70. The van der Waals surface area contributed by atoms with Crippen LogP contribution >= 0.6 is 0 Å². The Bertz CT molecular complexity index is 2740. The van der Waals surface area contributed by atoms with Gasteiger partial charge in [-0.15, -0.1) is 0 Å². The number of hydrogen-bond acceptors (Lipinski definition) is 14. The van der Waals surface area contributed by atoms with Gasteiger partial charge in [-0.3, -0.25) is 14.4 Å². The van der Waals surface area contributed by atoms with Crippen LogP contribution in [0.1, 0.15) is 107 Å². The number of aliphatic hydroxyl groups excluding tert-OH is 1. The number of nitrogen functional groups attached to an aromatic ring is 1. The summed E-state index contributed by atoms with van der Waals surface area (Å²) in [5, 5.41) is 15.9. The van der Waals surface area contributed by atoms with Gasteiger partial charge in [0.25, 0.3) is 5.91 Å². The summed E-state index contributed by atoms with van der Waals surface area (Å²) < 4.78 is 58.4. The minimum Gasteiger partial charge on any atom is -0.493 e. The van der Waals surface area contributed by atoms with Crippen molar-refractivity contribution in [3.05, 3.63) is 113 Å². The SMILES string of the molecule is COc1ccc2c(c1OC)CCC(C)(C)C(=O)C(=O)N1CCCCC1C(=O)OC(c1cccc(OCCNC(=O)CCC(CO)OC(=O)NC(CCN(CC(C)C)S(=O)(=O)c3ccc(N)cc3)Cc3ccccc3)c1)CC2. The molecule has 0 saturated carbocycles. The third-order valence-electron chi connectivity index (χ3n) is 14.1.